The van der Waals surface area contributed by atoms with Crippen LogP contribution in [-0.2, 0) is 11.3 Å². The monoisotopic (exact) mass is 305 g/mol. The van der Waals surface area contributed by atoms with Crippen molar-refractivity contribution in [3.8, 4) is 0 Å². The molecule has 0 aliphatic carbocycles. The topological polar surface area (TPSA) is 70.2 Å². The van der Waals surface area contributed by atoms with Crippen molar-refractivity contribution in [3.05, 3.63) is 17.3 Å². The minimum absolute atomic E-state index is 0.125. The second kappa shape index (κ2) is 6.36. The molecule has 7 heteroatoms. The number of thiophene rings is 1. The molecule has 0 saturated carbocycles. The third-order valence-electron chi connectivity index (χ3n) is 3.49. The van der Waals surface area contributed by atoms with Crippen LogP contribution in [0.1, 0.15) is 19.2 Å². The van der Waals surface area contributed by atoms with Crippen LogP contribution < -0.4 is 10.6 Å². The van der Waals surface area contributed by atoms with Crippen LogP contribution in [0.2, 0.25) is 0 Å². The number of hydrogen-bond acceptors (Lipinski definition) is 6. The maximum Gasteiger partial charge on any atom is 0.221 e. The molecule has 1 amide bonds. The molecular weight excluding hydrogens is 286 g/mol. The summed E-state index contributed by atoms with van der Waals surface area (Å²) in [5, 5.41) is 9.31. The molecule has 0 radical (unpaired) electrons. The third-order valence-corrected chi connectivity index (χ3v) is 4.29. The Kier molecular flexibility index (Phi) is 4.31. The summed E-state index contributed by atoms with van der Waals surface area (Å²) in [6.07, 6.45) is 0.543. The van der Waals surface area contributed by atoms with Gasteiger partial charge in [-0.3, -0.25) is 9.69 Å². The van der Waals surface area contributed by atoms with E-state index in [-0.39, 0.29) is 5.91 Å². The van der Waals surface area contributed by atoms with E-state index in [1.165, 1.54) is 0 Å². The fourth-order valence-corrected chi connectivity index (χ4v) is 3.23. The van der Waals surface area contributed by atoms with Crippen LogP contribution in [0, 0.1) is 0 Å². The fraction of sp³-hybridized carbons (Fsp3) is 0.500. The van der Waals surface area contributed by atoms with Crippen LogP contribution in [-0.4, -0.2) is 47.0 Å². The number of aromatic nitrogens is 2. The van der Waals surface area contributed by atoms with Crippen molar-refractivity contribution in [1.29, 1.82) is 0 Å². The van der Waals surface area contributed by atoms with E-state index in [0.29, 0.717) is 19.5 Å². The molecule has 0 atom stereocenters. The molecule has 1 fully saturated rings. The second-order valence-corrected chi connectivity index (χ2v) is 5.93. The van der Waals surface area contributed by atoms with Gasteiger partial charge in [0.2, 0.25) is 5.91 Å². The average molecular weight is 305 g/mol. The Morgan fingerprint density at radius 1 is 1.43 bits per heavy atom. The Morgan fingerprint density at radius 2 is 2.33 bits per heavy atom. The van der Waals surface area contributed by atoms with Gasteiger partial charge in [-0.2, -0.15) is 0 Å². The van der Waals surface area contributed by atoms with Crippen molar-refractivity contribution in [2.75, 3.05) is 31.5 Å². The van der Waals surface area contributed by atoms with Crippen molar-refractivity contribution < 1.29 is 4.79 Å². The van der Waals surface area contributed by atoms with Crippen LogP contribution >= 0.6 is 11.3 Å². The highest BCUT2D eigenvalue weighted by Gasteiger charge is 2.16. The number of nitrogens with one attached hydrogen (secondary N) is 2. The lowest BCUT2D eigenvalue weighted by molar-refractivity contribution is -0.120. The van der Waals surface area contributed by atoms with Crippen LogP contribution in [0.5, 0.6) is 0 Å². The summed E-state index contributed by atoms with van der Waals surface area (Å²) in [5.41, 5.74) is 0. The molecule has 21 heavy (non-hydrogen) atoms. The predicted molar refractivity (Wildman–Crippen MR) is 84.5 cm³/mol. The summed E-state index contributed by atoms with van der Waals surface area (Å²) in [6, 6.07) is 2.05. The lowest BCUT2D eigenvalue weighted by Gasteiger charge is -2.18. The summed E-state index contributed by atoms with van der Waals surface area (Å²) in [4.78, 5) is 23.9. The van der Waals surface area contributed by atoms with Gasteiger partial charge >= 0.3 is 0 Å². The van der Waals surface area contributed by atoms with Gasteiger partial charge in [-0.15, -0.1) is 11.3 Å². The van der Waals surface area contributed by atoms with Gasteiger partial charge in [-0.05, 0) is 18.4 Å². The molecule has 0 bridgehead atoms. The number of nitrogens with zero attached hydrogens (tertiary/aromatic N) is 3. The molecule has 1 aliphatic rings. The normalized spacial score (nSPS) is 16.7. The van der Waals surface area contributed by atoms with Gasteiger partial charge < -0.3 is 10.6 Å². The minimum Gasteiger partial charge on any atom is -0.370 e. The zero-order valence-electron chi connectivity index (χ0n) is 12.1. The highest BCUT2D eigenvalue weighted by Crippen LogP contribution is 2.25. The number of carbonyl (C=O) groups is 1. The molecule has 1 aliphatic heterocycles. The SMILES string of the molecule is CCNc1nc(CN2CCNC(=O)CC2)nc2sccc12. The van der Waals surface area contributed by atoms with Crippen LogP contribution in [0.3, 0.4) is 0 Å². The molecule has 3 rings (SSSR count). The van der Waals surface area contributed by atoms with Crippen LogP contribution in [0.25, 0.3) is 10.2 Å². The molecule has 1 saturated heterocycles. The van der Waals surface area contributed by atoms with Gasteiger partial charge in [-0.25, -0.2) is 9.97 Å². The molecule has 2 aromatic heterocycles. The minimum atomic E-state index is 0.125. The van der Waals surface area contributed by atoms with Gasteiger partial charge in [0.15, 0.2) is 0 Å². The van der Waals surface area contributed by atoms with E-state index in [0.717, 1.165) is 41.5 Å². The molecule has 0 unspecified atom stereocenters. The molecule has 3 heterocycles. The summed E-state index contributed by atoms with van der Waals surface area (Å²) in [7, 11) is 0. The van der Waals surface area contributed by atoms with Gasteiger partial charge in [0.05, 0.1) is 11.9 Å². The van der Waals surface area contributed by atoms with E-state index in [1.54, 1.807) is 11.3 Å². The lowest BCUT2D eigenvalue weighted by atomic mass is 10.3. The third kappa shape index (κ3) is 3.30. The maximum atomic E-state index is 11.4. The predicted octanol–water partition coefficient (Wildman–Crippen LogP) is 1.44. The smallest absolute Gasteiger partial charge is 0.221 e. The zero-order chi connectivity index (χ0) is 14.7. The first-order valence-corrected chi connectivity index (χ1v) is 8.11. The van der Waals surface area contributed by atoms with Crippen molar-refractivity contribution in [3.63, 3.8) is 0 Å². The van der Waals surface area contributed by atoms with Gasteiger partial charge in [0.1, 0.15) is 16.5 Å². The standard InChI is InChI=1S/C14H19N5OS/c1-2-15-13-10-4-8-21-14(10)18-11(17-13)9-19-6-3-12(20)16-5-7-19/h4,8H,2-3,5-7,9H2,1H3,(H,16,20)(H,15,17,18). The van der Waals surface area contributed by atoms with Crippen molar-refractivity contribution >= 4 is 33.3 Å². The first-order chi connectivity index (χ1) is 10.3. The van der Waals surface area contributed by atoms with E-state index >= 15 is 0 Å². The van der Waals surface area contributed by atoms with Gasteiger partial charge in [0, 0.05) is 32.6 Å². The van der Waals surface area contributed by atoms with Gasteiger partial charge in [0.25, 0.3) is 0 Å². The lowest BCUT2D eigenvalue weighted by Crippen LogP contribution is -2.29. The summed E-state index contributed by atoms with van der Waals surface area (Å²) in [6.45, 7) is 5.87. The summed E-state index contributed by atoms with van der Waals surface area (Å²) >= 11 is 1.63. The van der Waals surface area contributed by atoms with Crippen molar-refractivity contribution in [1.82, 2.24) is 20.2 Å². The highest BCUT2D eigenvalue weighted by molar-refractivity contribution is 7.16. The van der Waals surface area contributed by atoms with E-state index in [1.807, 2.05) is 5.38 Å². The van der Waals surface area contributed by atoms with Crippen LogP contribution in [0.15, 0.2) is 11.4 Å². The molecule has 6 nitrogen and oxygen atoms in total. The van der Waals surface area contributed by atoms with Crippen molar-refractivity contribution in [2.45, 2.75) is 19.9 Å². The number of amides is 1. The molecular formula is C14H19N5OS. The Balaban J connectivity index is 1.81. The zero-order valence-corrected chi connectivity index (χ0v) is 12.9. The van der Waals surface area contributed by atoms with Crippen molar-refractivity contribution in [2.24, 2.45) is 0 Å². The average Bonchev–Trinajstić information content (AvgIpc) is 2.84. The Bertz CT molecular complexity index is 641. The Hall–Kier alpha value is -1.73. The Morgan fingerprint density at radius 3 is 3.19 bits per heavy atom. The summed E-state index contributed by atoms with van der Waals surface area (Å²) < 4.78 is 0. The fourth-order valence-electron chi connectivity index (χ4n) is 2.44. The molecule has 112 valence electrons. The Labute approximate surface area is 127 Å². The quantitative estimate of drug-likeness (QED) is 0.894. The van der Waals surface area contributed by atoms with E-state index in [2.05, 4.69) is 38.5 Å². The van der Waals surface area contributed by atoms with Crippen LogP contribution in [0.4, 0.5) is 5.82 Å². The number of carbonyl (C=O) groups excluding carboxylic acids is 1. The summed E-state index contributed by atoms with van der Waals surface area (Å²) in [5.74, 6) is 1.85. The highest BCUT2D eigenvalue weighted by atomic mass is 32.1. The first kappa shape index (κ1) is 14.2. The first-order valence-electron chi connectivity index (χ1n) is 7.23. The second-order valence-electron chi connectivity index (χ2n) is 5.03. The number of fused-ring (bicyclic) bond motifs is 1. The van der Waals surface area contributed by atoms with E-state index < -0.39 is 0 Å². The molecule has 2 aromatic rings. The van der Waals surface area contributed by atoms with Gasteiger partial charge in [-0.1, -0.05) is 0 Å². The number of hydrogen-bond donors (Lipinski definition) is 2. The molecule has 0 aromatic carbocycles. The maximum absolute atomic E-state index is 11.4. The van der Waals surface area contributed by atoms with E-state index in [4.69, 9.17) is 0 Å². The number of anilines is 1. The number of rotatable bonds is 4. The van der Waals surface area contributed by atoms with E-state index in [9.17, 15) is 4.79 Å². The largest absolute Gasteiger partial charge is 0.370 e. The molecule has 0 spiro atoms. The molecule has 2 N–H and O–H groups in total.